The molecule has 2 heteroatoms. The monoisotopic (exact) mass is 262 g/mol. The standard InChI is InChI=1S/C18H18N2/c1-18(2,3)11-9-17-16(13-19)15(10-12-20-17)14-7-5-4-6-8-14/h4-12H,1-3H3/b11-9+. The minimum Gasteiger partial charge on any atom is -0.255 e. The van der Waals surface area contributed by atoms with Crippen molar-refractivity contribution in [1.82, 2.24) is 4.98 Å². The first-order valence-corrected chi connectivity index (χ1v) is 6.65. The topological polar surface area (TPSA) is 36.7 Å². The van der Waals surface area contributed by atoms with Crippen LogP contribution in [-0.2, 0) is 0 Å². The van der Waals surface area contributed by atoms with Gasteiger partial charge in [-0.3, -0.25) is 4.98 Å². The van der Waals surface area contributed by atoms with Gasteiger partial charge in [-0.05, 0) is 23.1 Å². The van der Waals surface area contributed by atoms with E-state index in [0.717, 1.165) is 16.8 Å². The normalized spacial score (nSPS) is 11.5. The number of pyridine rings is 1. The van der Waals surface area contributed by atoms with Gasteiger partial charge in [0.25, 0.3) is 0 Å². The number of hydrogen-bond donors (Lipinski definition) is 0. The molecule has 1 heterocycles. The predicted octanol–water partition coefficient (Wildman–Crippen LogP) is 4.68. The fourth-order valence-electron chi connectivity index (χ4n) is 1.91. The molecule has 0 aliphatic rings. The maximum Gasteiger partial charge on any atom is 0.102 e. The number of benzene rings is 1. The number of aromatic nitrogens is 1. The molecule has 0 aliphatic heterocycles. The molecule has 100 valence electrons. The molecule has 0 fully saturated rings. The van der Waals surface area contributed by atoms with Crippen molar-refractivity contribution in [2.45, 2.75) is 20.8 Å². The van der Waals surface area contributed by atoms with Gasteiger partial charge >= 0.3 is 0 Å². The second-order valence-electron chi connectivity index (χ2n) is 5.80. The highest BCUT2D eigenvalue weighted by Gasteiger charge is 2.10. The minimum absolute atomic E-state index is 0.0666. The van der Waals surface area contributed by atoms with Crippen LogP contribution in [0.3, 0.4) is 0 Å². The number of hydrogen-bond acceptors (Lipinski definition) is 2. The maximum atomic E-state index is 9.47. The Hall–Kier alpha value is -2.40. The zero-order valence-corrected chi connectivity index (χ0v) is 12.1. The van der Waals surface area contributed by atoms with Gasteiger partial charge < -0.3 is 0 Å². The summed E-state index contributed by atoms with van der Waals surface area (Å²) in [5.74, 6) is 0. The van der Waals surface area contributed by atoms with Crippen LogP contribution >= 0.6 is 0 Å². The molecule has 0 aliphatic carbocycles. The van der Waals surface area contributed by atoms with E-state index in [-0.39, 0.29) is 5.41 Å². The fraction of sp³-hybridized carbons (Fsp3) is 0.222. The average Bonchev–Trinajstić information content (AvgIpc) is 2.44. The van der Waals surface area contributed by atoms with Crippen LogP contribution in [0.15, 0.2) is 48.7 Å². The maximum absolute atomic E-state index is 9.47. The summed E-state index contributed by atoms with van der Waals surface area (Å²) in [7, 11) is 0. The number of rotatable bonds is 2. The van der Waals surface area contributed by atoms with Gasteiger partial charge in [0.1, 0.15) is 6.07 Å². The first kappa shape index (κ1) is 14.0. The lowest BCUT2D eigenvalue weighted by molar-refractivity contribution is 0.547. The van der Waals surface area contributed by atoms with E-state index < -0.39 is 0 Å². The Labute approximate surface area is 120 Å². The molecule has 2 aromatic rings. The third-order valence-electron chi connectivity index (χ3n) is 2.92. The molecule has 0 radical (unpaired) electrons. The quantitative estimate of drug-likeness (QED) is 0.788. The molecule has 0 bridgehead atoms. The summed E-state index contributed by atoms with van der Waals surface area (Å²) in [5, 5.41) is 9.47. The van der Waals surface area contributed by atoms with Crippen LogP contribution in [0.4, 0.5) is 0 Å². The van der Waals surface area contributed by atoms with Gasteiger partial charge in [0.2, 0.25) is 0 Å². The molecule has 1 aromatic heterocycles. The Bertz CT molecular complexity index is 656. The first-order chi connectivity index (χ1) is 9.51. The summed E-state index contributed by atoms with van der Waals surface area (Å²) < 4.78 is 0. The van der Waals surface area contributed by atoms with Gasteiger partial charge in [-0.25, -0.2) is 0 Å². The Kier molecular flexibility index (Phi) is 4.00. The van der Waals surface area contributed by atoms with Crippen molar-refractivity contribution in [2.75, 3.05) is 0 Å². The van der Waals surface area contributed by atoms with Gasteiger partial charge in [0.15, 0.2) is 0 Å². The third-order valence-corrected chi connectivity index (χ3v) is 2.92. The summed E-state index contributed by atoms with van der Waals surface area (Å²) in [5.41, 5.74) is 3.38. The highest BCUT2D eigenvalue weighted by atomic mass is 14.7. The molecule has 0 atom stereocenters. The van der Waals surface area contributed by atoms with E-state index in [1.165, 1.54) is 0 Å². The Morgan fingerprint density at radius 1 is 1.10 bits per heavy atom. The molecule has 2 rings (SSSR count). The SMILES string of the molecule is CC(C)(C)/C=C/c1nccc(-c2ccccc2)c1C#N. The molecule has 0 saturated carbocycles. The highest BCUT2D eigenvalue weighted by molar-refractivity contribution is 5.74. The zero-order valence-electron chi connectivity index (χ0n) is 12.1. The smallest absolute Gasteiger partial charge is 0.102 e. The summed E-state index contributed by atoms with van der Waals surface area (Å²) in [6.45, 7) is 6.36. The van der Waals surface area contributed by atoms with Crippen LogP contribution in [-0.4, -0.2) is 4.98 Å². The molecule has 0 amide bonds. The number of nitrogens with zero attached hydrogens (tertiary/aromatic N) is 2. The molecule has 1 aromatic carbocycles. The van der Waals surface area contributed by atoms with Crippen LogP contribution in [0.25, 0.3) is 17.2 Å². The molecule has 0 N–H and O–H groups in total. The van der Waals surface area contributed by atoms with Crippen LogP contribution in [0, 0.1) is 16.7 Å². The first-order valence-electron chi connectivity index (χ1n) is 6.65. The Morgan fingerprint density at radius 3 is 2.40 bits per heavy atom. The lowest BCUT2D eigenvalue weighted by Gasteiger charge is -2.12. The molecule has 0 spiro atoms. The zero-order chi connectivity index (χ0) is 14.6. The lowest BCUT2D eigenvalue weighted by atomic mass is 9.94. The van der Waals surface area contributed by atoms with Crippen LogP contribution < -0.4 is 0 Å². The van der Waals surface area contributed by atoms with Gasteiger partial charge in [-0.2, -0.15) is 5.26 Å². The summed E-state index contributed by atoms with van der Waals surface area (Å²) >= 11 is 0. The second kappa shape index (κ2) is 5.71. The van der Waals surface area contributed by atoms with Crippen molar-refractivity contribution >= 4 is 6.08 Å². The molecule has 0 saturated heterocycles. The van der Waals surface area contributed by atoms with E-state index in [9.17, 15) is 5.26 Å². The largest absolute Gasteiger partial charge is 0.255 e. The second-order valence-corrected chi connectivity index (χ2v) is 5.80. The van der Waals surface area contributed by atoms with E-state index in [1.54, 1.807) is 6.20 Å². The number of allylic oxidation sites excluding steroid dienone is 1. The van der Waals surface area contributed by atoms with Crippen LogP contribution in [0.1, 0.15) is 32.0 Å². The van der Waals surface area contributed by atoms with Crippen molar-refractivity contribution in [3.05, 3.63) is 59.9 Å². The van der Waals surface area contributed by atoms with Crippen molar-refractivity contribution in [1.29, 1.82) is 5.26 Å². The van der Waals surface area contributed by atoms with Crippen LogP contribution in [0.2, 0.25) is 0 Å². The van der Waals surface area contributed by atoms with E-state index in [2.05, 4.69) is 37.9 Å². The van der Waals surface area contributed by atoms with Gasteiger partial charge in [-0.1, -0.05) is 57.2 Å². The van der Waals surface area contributed by atoms with Gasteiger partial charge in [0.05, 0.1) is 11.3 Å². The van der Waals surface area contributed by atoms with Crippen LogP contribution in [0.5, 0.6) is 0 Å². The Morgan fingerprint density at radius 2 is 1.80 bits per heavy atom. The predicted molar refractivity (Wildman–Crippen MR) is 82.9 cm³/mol. The summed E-state index contributed by atoms with van der Waals surface area (Å²) in [4.78, 5) is 4.33. The average molecular weight is 262 g/mol. The molecule has 2 nitrogen and oxygen atoms in total. The van der Waals surface area contributed by atoms with Gasteiger partial charge in [-0.15, -0.1) is 0 Å². The van der Waals surface area contributed by atoms with E-state index in [1.807, 2.05) is 42.5 Å². The minimum atomic E-state index is 0.0666. The number of nitriles is 1. The Balaban J connectivity index is 2.52. The van der Waals surface area contributed by atoms with Crippen molar-refractivity contribution < 1.29 is 0 Å². The molecule has 0 unspecified atom stereocenters. The van der Waals surface area contributed by atoms with Crippen molar-refractivity contribution in [2.24, 2.45) is 5.41 Å². The molecular formula is C18H18N2. The van der Waals surface area contributed by atoms with Crippen molar-refractivity contribution in [3.8, 4) is 17.2 Å². The van der Waals surface area contributed by atoms with Crippen molar-refractivity contribution in [3.63, 3.8) is 0 Å². The van der Waals surface area contributed by atoms with Gasteiger partial charge in [0, 0.05) is 11.8 Å². The summed E-state index contributed by atoms with van der Waals surface area (Å²) in [6.07, 6.45) is 5.77. The van der Waals surface area contributed by atoms with E-state index >= 15 is 0 Å². The third kappa shape index (κ3) is 3.33. The highest BCUT2D eigenvalue weighted by Crippen LogP contribution is 2.26. The molecule has 20 heavy (non-hydrogen) atoms. The summed E-state index contributed by atoms with van der Waals surface area (Å²) in [6, 6.07) is 14.1. The van der Waals surface area contributed by atoms with E-state index in [0.29, 0.717) is 5.56 Å². The molecular weight excluding hydrogens is 244 g/mol. The fourth-order valence-corrected chi connectivity index (χ4v) is 1.91. The van der Waals surface area contributed by atoms with E-state index in [4.69, 9.17) is 0 Å². The lowest BCUT2D eigenvalue weighted by Crippen LogP contribution is -1.99.